The zero-order valence-corrected chi connectivity index (χ0v) is 8.14. The van der Waals surface area contributed by atoms with Crippen LogP contribution in [0.25, 0.3) is 0 Å². The van der Waals surface area contributed by atoms with Gasteiger partial charge in [-0.2, -0.15) is 0 Å². The third-order valence-corrected chi connectivity index (χ3v) is 3.48. The van der Waals surface area contributed by atoms with Crippen LogP contribution in [0.1, 0.15) is 25.7 Å². The molecule has 3 unspecified atom stereocenters. The van der Waals surface area contributed by atoms with Gasteiger partial charge in [-0.25, -0.2) is 0 Å². The molecule has 1 saturated carbocycles. The molecule has 1 aliphatic heterocycles. The summed E-state index contributed by atoms with van der Waals surface area (Å²) in [5.74, 6) is 0.924. The molecule has 2 nitrogen and oxygen atoms in total. The first-order valence-corrected chi connectivity index (χ1v) is 5.13. The van der Waals surface area contributed by atoms with Gasteiger partial charge in [-0.15, -0.1) is 11.6 Å². The molecule has 70 valence electrons. The molecule has 2 fully saturated rings. The van der Waals surface area contributed by atoms with Crippen LogP contribution in [-0.2, 0) is 9.47 Å². The molecule has 0 radical (unpaired) electrons. The first-order chi connectivity index (χ1) is 5.80. The summed E-state index contributed by atoms with van der Waals surface area (Å²) in [4.78, 5) is 0. The maximum absolute atomic E-state index is 5.82. The molecule has 0 spiro atoms. The van der Waals surface area contributed by atoms with Crippen molar-refractivity contribution in [2.45, 2.75) is 37.6 Å². The van der Waals surface area contributed by atoms with Crippen LogP contribution in [0, 0.1) is 5.92 Å². The summed E-state index contributed by atoms with van der Waals surface area (Å²) in [5.41, 5.74) is 0. The average molecular weight is 191 g/mol. The van der Waals surface area contributed by atoms with Crippen molar-refractivity contribution in [1.82, 2.24) is 0 Å². The zero-order valence-electron chi connectivity index (χ0n) is 7.38. The van der Waals surface area contributed by atoms with Gasteiger partial charge in [0, 0.05) is 25.3 Å². The third-order valence-electron chi connectivity index (χ3n) is 3.13. The van der Waals surface area contributed by atoms with E-state index in [2.05, 4.69) is 0 Å². The summed E-state index contributed by atoms with van der Waals surface area (Å²) >= 11 is 5.76. The summed E-state index contributed by atoms with van der Waals surface area (Å²) < 4.78 is 11.3. The summed E-state index contributed by atoms with van der Waals surface area (Å²) in [5, 5.41) is 0. The second kappa shape index (κ2) is 3.17. The monoisotopic (exact) mass is 190 g/mol. The minimum absolute atomic E-state index is 0.219. The second-order valence-corrected chi connectivity index (χ2v) is 4.04. The third kappa shape index (κ3) is 1.17. The predicted octanol–water partition coefficient (Wildman–Crippen LogP) is 2.16. The molecule has 3 heteroatoms. The molecule has 1 aliphatic carbocycles. The molecule has 0 aromatic carbocycles. The van der Waals surface area contributed by atoms with Crippen molar-refractivity contribution in [1.29, 1.82) is 0 Å². The quantitative estimate of drug-likeness (QED) is 0.622. The van der Waals surface area contributed by atoms with E-state index in [1.54, 1.807) is 7.11 Å². The van der Waals surface area contributed by atoms with Crippen molar-refractivity contribution < 1.29 is 9.47 Å². The number of alkyl halides is 1. The van der Waals surface area contributed by atoms with E-state index >= 15 is 0 Å². The first kappa shape index (κ1) is 8.79. The molecule has 0 aromatic heterocycles. The van der Waals surface area contributed by atoms with Gasteiger partial charge in [0.25, 0.3) is 0 Å². The topological polar surface area (TPSA) is 18.5 Å². The maximum Gasteiger partial charge on any atom is 0.171 e. The van der Waals surface area contributed by atoms with E-state index in [1.807, 2.05) is 0 Å². The summed E-state index contributed by atoms with van der Waals surface area (Å²) in [6, 6.07) is 0. The second-order valence-electron chi connectivity index (χ2n) is 3.73. The summed E-state index contributed by atoms with van der Waals surface area (Å²) in [6.07, 6.45) is 4.81. The molecule has 12 heavy (non-hydrogen) atoms. The minimum atomic E-state index is -0.264. The Hall–Kier alpha value is 0.210. The molecule has 0 N–H and O–H groups in total. The van der Waals surface area contributed by atoms with Crippen molar-refractivity contribution in [3.63, 3.8) is 0 Å². The van der Waals surface area contributed by atoms with Crippen LogP contribution in [0.3, 0.4) is 0 Å². The molecule has 2 rings (SSSR count). The van der Waals surface area contributed by atoms with Crippen LogP contribution in [0.5, 0.6) is 0 Å². The smallest absolute Gasteiger partial charge is 0.171 e. The first-order valence-electron chi connectivity index (χ1n) is 4.59. The van der Waals surface area contributed by atoms with E-state index < -0.39 is 0 Å². The Balaban J connectivity index is 2.09. The fourth-order valence-electron chi connectivity index (χ4n) is 2.53. The van der Waals surface area contributed by atoms with Crippen LogP contribution in [0.2, 0.25) is 0 Å². The van der Waals surface area contributed by atoms with Crippen LogP contribution < -0.4 is 0 Å². The number of hydrogen-bond donors (Lipinski definition) is 0. The van der Waals surface area contributed by atoms with Gasteiger partial charge in [0.2, 0.25) is 0 Å². The van der Waals surface area contributed by atoms with Crippen LogP contribution in [-0.4, -0.2) is 24.9 Å². The van der Waals surface area contributed by atoms with Crippen molar-refractivity contribution in [2.75, 3.05) is 13.0 Å². The molecule has 0 amide bonds. The summed E-state index contributed by atoms with van der Waals surface area (Å²) in [6.45, 7) is 0. The Morgan fingerprint density at radius 2 is 2.50 bits per heavy atom. The summed E-state index contributed by atoms with van der Waals surface area (Å²) in [7, 11) is 1.74. The number of halogens is 1. The fraction of sp³-hybridized carbons (Fsp3) is 1.00. The van der Waals surface area contributed by atoms with Gasteiger partial charge in [-0.3, -0.25) is 0 Å². The average Bonchev–Trinajstić information content (AvgIpc) is 2.58. The van der Waals surface area contributed by atoms with Gasteiger partial charge in [0.15, 0.2) is 5.79 Å². The molecule has 0 bridgehead atoms. The Labute approximate surface area is 78.2 Å². The van der Waals surface area contributed by atoms with Crippen LogP contribution in [0.15, 0.2) is 0 Å². The zero-order chi connectivity index (χ0) is 8.60. The molecule has 3 atom stereocenters. The SMILES string of the molecule is COC12CCCC1CC(CCl)O2. The molecule has 0 aromatic rings. The lowest BCUT2D eigenvalue weighted by Gasteiger charge is -2.27. The van der Waals surface area contributed by atoms with E-state index in [-0.39, 0.29) is 11.9 Å². The lowest BCUT2D eigenvalue weighted by molar-refractivity contribution is -0.218. The molecule has 1 saturated heterocycles. The molecule has 1 heterocycles. The van der Waals surface area contributed by atoms with Crippen molar-refractivity contribution in [2.24, 2.45) is 5.92 Å². The predicted molar refractivity (Wildman–Crippen MR) is 47.3 cm³/mol. The lowest BCUT2D eigenvalue weighted by atomic mass is 10.00. The van der Waals surface area contributed by atoms with E-state index in [0.717, 1.165) is 12.8 Å². The number of ether oxygens (including phenoxy) is 2. The number of methoxy groups -OCH3 is 1. The Morgan fingerprint density at radius 1 is 1.67 bits per heavy atom. The van der Waals surface area contributed by atoms with Gasteiger partial charge >= 0.3 is 0 Å². The highest BCUT2D eigenvalue weighted by atomic mass is 35.5. The van der Waals surface area contributed by atoms with E-state index in [1.165, 1.54) is 12.8 Å². The number of fused-ring (bicyclic) bond motifs is 1. The largest absolute Gasteiger partial charge is 0.353 e. The molecular formula is C9H15ClO2. The van der Waals surface area contributed by atoms with Gasteiger partial charge in [-0.05, 0) is 19.3 Å². The lowest BCUT2D eigenvalue weighted by Crippen LogP contribution is -2.33. The van der Waals surface area contributed by atoms with Crippen LogP contribution in [0.4, 0.5) is 0 Å². The Bertz CT molecular complexity index is 174. The van der Waals surface area contributed by atoms with Gasteiger partial charge in [-0.1, -0.05) is 0 Å². The van der Waals surface area contributed by atoms with E-state index in [0.29, 0.717) is 11.8 Å². The van der Waals surface area contributed by atoms with Gasteiger partial charge in [0.1, 0.15) is 0 Å². The molecule has 2 aliphatic rings. The van der Waals surface area contributed by atoms with Gasteiger partial charge in [0.05, 0.1) is 6.10 Å². The van der Waals surface area contributed by atoms with E-state index in [9.17, 15) is 0 Å². The number of hydrogen-bond acceptors (Lipinski definition) is 2. The van der Waals surface area contributed by atoms with Crippen molar-refractivity contribution in [3.05, 3.63) is 0 Å². The Kier molecular flexibility index (Phi) is 2.32. The highest BCUT2D eigenvalue weighted by Crippen LogP contribution is 2.48. The normalized spacial score (nSPS) is 46.5. The fourth-order valence-corrected chi connectivity index (χ4v) is 2.72. The maximum atomic E-state index is 5.82. The minimum Gasteiger partial charge on any atom is -0.353 e. The molecular weight excluding hydrogens is 176 g/mol. The van der Waals surface area contributed by atoms with Crippen LogP contribution >= 0.6 is 11.6 Å². The van der Waals surface area contributed by atoms with Gasteiger partial charge < -0.3 is 9.47 Å². The number of rotatable bonds is 2. The standard InChI is InChI=1S/C9H15ClO2/c1-11-9-4-2-3-7(9)5-8(6-10)12-9/h7-8H,2-6H2,1H3. The highest BCUT2D eigenvalue weighted by Gasteiger charge is 2.51. The Morgan fingerprint density at radius 3 is 3.08 bits per heavy atom. The van der Waals surface area contributed by atoms with Crippen molar-refractivity contribution >= 4 is 11.6 Å². The highest BCUT2D eigenvalue weighted by molar-refractivity contribution is 6.18. The van der Waals surface area contributed by atoms with Crippen molar-refractivity contribution in [3.8, 4) is 0 Å². The van der Waals surface area contributed by atoms with E-state index in [4.69, 9.17) is 21.1 Å².